The molecule has 2 heteroatoms. The van der Waals surface area contributed by atoms with Gasteiger partial charge in [-0.15, -0.1) is 0 Å². The highest BCUT2D eigenvalue weighted by atomic mass is 15.0. The van der Waals surface area contributed by atoms with E-state index in [1.165, 1.54) is 76.4 Å². The molecule has 10 rings (SSSR count). The Morgan fingerprint density at radius 1 is 0.475 bits per heavy atom. The summed E-state index contributed by atoms with van der Waals surface area (Å²) in [5.41, 5.74) is 12.8. The van der Waals surface area contributed by atoms with Gasteiger partial charge in [-0.3, -0.25) is 0 Å². The van der Waals surface area contributed by atoms with Crippen LogP contribution in [0.2, 0.25) is 0 Å². The first kappa shape index (κ1) is 37.4. The number of fused-ring (bicyclic) bond motifs is 10. The molecule has 0 aliphatic carbocycles. The molecule has 0 unspecified atom stereocenters. The first-order chi connectivity index (χ1) is 29.1. The number of aromatic nitrogens is 2. The Labute approximate surface area is 347 Å². The van der Waals surface area contributed by atoms with Crippen LogP contribution >= 0.6 is 0 Å². The fourth-order valence-corrected chi connectivity index (χ4v) is 9.18. The Kier molecular flexibility index (Phi) is 9.92. The van der Waals surface area contributed by atoms with E-state index in [4.69, 9.17) is 0 Å². The zero-order valence-corrected chi connectivity index (χ0v) is 34.3. The van der Waals surface area contributed by atoms with Crippen molar-refractivity contribution in [1.29, 1.82) is 0 Å². The lowest BCUT2D eigenvalue weighted by atomic mass is 9.91. The van der Waals surface area contributed by atoms with Crippen molar-refractivity contribution >= 4 is 88.3 Å². The van der Waals surface area contributed by atoms with E-state index >= 15 is 0 Å². The van der Waals surface area contributed by atoms with E-state index in [1.807, 2.05) is 26.0 Å². The Morgan fingerprint density at radius 2 is 1.02 bits per heavy atom. The van der Waals surface area contributed by atoms with Crippen LogP contribution in [0.25, 0.3) is 99.7 Å². The summed E-state index contributed by atoms with van der Waals surface area (Å²) >= 11 is 0. The molecule has 0 N–H and O–H groups in total. The summed E-state index contributed by atoms with van der Waals surface area (Å²) in [6.45, 7) is 16.8. The molecule has 0 radical (unpaired) electrons. The molecular weight excluding hydrogens is 713 g/mol. The van der Waals surface area contributed by atoms with Crippen molar-refractivity contribution in [2.75, 3.05) is 0 Å². The van der Waals surface area contributed by atoms with Crippen LogP contribution in [0.15, 0.2) is 183 Å². The average molecular weight is 761 g/mol. The maximum atomic E-state index is 4.23. The number of hydrogen-bond donors (Lipinski definition) is 0. The fourth-order valence-electron chi connectivity index (χ4n) is 9.18. The van der Waals surface area contributed by atoms with Gasteiger partial charge in [-0.25, -0.2) is 0 Å². The Balaban J connectivity index is 0.00000221. The van der Waals surface area contributed by atoms with Crippen LogP contribution in [0.4, 0.5) is 0 Å². The van der Waals surface area contributed by atoms with Gasteiger partial charge in [0.25, 0.3) is 0 Å². The van der Waals surface area contributed by atoms with E-state index in [9.17, 15) is 0 Å². The predicted molar refractivity (Wildman–Crippen MR) is 260 cm³/mol. The van der Waals surface area contributed by atoms with Gasteiger partial charge < -0.3 is 9.13 Å². The molecule has 2 nitrogen and oxygen atoms in total. The van der Waals surface area contributed by atoms with Crippen LogP contribution in [0.3, 0.4) is 0 Å². The summed E-state index contributed by atoms with van der Waals surface area (Å²) in [4.78, 5) is 0. The lowest BCUT2D eigenvalue weighted by Gasteiger charge is -2.13. The van der Waals surface area contributed by atoms with Crippen molar-refractivity contribution in [1.82, 2.24) is 9.13 Å². The average Bonchev–Trinajstić information content (AvgIpc) is 3.82. The molecular formula is C57H48N2. The van der Waals surface area contributed by atoms with E-state index < -0.39 is 0 Å². The Bertz CT molecular complexity index is 3270. The van der Waals surface area contributed by atoms with Gasteiger partial charge in [-0.2, -0.15) is 0 Å². The molecule has 59 heavy (non-hydrogen) atoms. The topological polar surface area (TPSA) is 9.86 Å². The summed E-state index contributed by atoms with van der Waals surface area (Å²) in [5.74, 6) is 0. The molecule has 0 amide bonds. The Hall–Kier alpha value is -7.16. The van der Waals surface area contributed by atoms with Crippen LogP contribution in [0.1, 0.15) is 56.5 Å². The SMILES string of the molecule is C=Cc1c(C=C)n(-c2ccccc2)c2ccc(-n3c4ccccc4c4cc(/C(=C/C(=C\C)c5ccc6c7ccccc7c7ccccc7c6c5)CC)ccc43)cc12.CC. The van der Waals surface area contributed by atoms with Gasteiger partial charge in [0.2, 0.25) is 0 Å². The second-order valence-electron chi connectivity index (χ2n) is 14.8. The number of rotatable bonds is 8. The van der Waals surface area contributed by atoms with Gasteiger partial charge in [-0.05, 0) is 129 Å². The summed E-state index contributed by atoms with van der Waals surface area (Å²) in [6.07, 6.45) is 9.45. The highest BCUT2D eigenvalue weighted by Gasteiger charge is 2.19. The van der Waals surface area contributed by atoms with Crippen molar-refractivity contribution in [3.05, 3.63) is 205 Å². The fraction of sp³-hybridized carbons (Fsp3) is 0.0877. The second kappa shape index (κ2) is 15.6. The summed E-state index contributed by atoms with van der Waals surface area (Å²) < 4.78 is 4.69. The zero-order valence-electron chi connectivity index (χ0n) is 34.3. The molecule has 0 saturated heterocycles. The normalized spacial score (nSPS) is 12.1. The predicted octanol–water partition coefficient (Wildman–Crippen LogP) is 16.4. The lowest BCUT2D eigenvalue weighted by molar-refractivity contribution is 1.10. The molecule has 8 aromatic carbocycles. The molecule has 0 aliphatic rings. The van der Waals surface area contributed by atoms with E-state index in [1.54, 1.807) is 0 Å². The van der Waals surface area contributed by atoms with Crippen molar-refractivity contribution in [2.45, 2.75) is 34.1 Å². The number of hydrogen-bond acceptors (Lipinski definition) is 0. The second-order valence-corrected chi connectivity index (χ2v) is 14.8. The molecule has 10 aromatic rings. The molecule has 2 aromatic heterocycles. The summed E-state index contributed by atoms with van der Waals surface area (Å²) in [7, 11) is 0. The Morgan fingerprint density at radius 3 is 1.66 bits per heavy atom. The van der Waals surface area contributed by atoms with Crippen LogP contribution in [0.5, 0.6) is 0 Å². The quantitative estimate of drug-likeness (QED) is 0.108. The molecule has 0 spiro atoms. The van der Waals surface area contributed by atoms with Crippen LogP contribution in [0, 0.1) is 0 Å². The minimum atomic E-state index is 0.910. The van der Waals surface area contributed by atoms with E-state index in [0.29, 0.717) is 0 Å². The third-order valence-electron chi connectivity index (χ3n) is 11.8. The first-order valence-electron chi connectivity index (χ1n) is 20.8. The largest absolute Gasteiger partial charge is 0.309 e. The van der Waals surface area contributed by atoms with Gasteiger partial charge in [0.15, 0.2) is 0 Å². The minimum absolute atomic E-state index is 0.910. The number of allylic oxidation sites excluding steroid dienone is 4. The van der Waals surface area contributed by atoms with E-state index in [0.717, 1.165) is 40.0 Å². The molecule has 286 valence electrons. The molecule has 0 fully saturated rings. The molecule has 2 heterocycles. The zero-order chi connectivity index (χ0) is 40.6. The monoisotopic (exact) mass is 760 g/mol. The van der Waals surface area contributed by atoms with Gasteiger partial charge in [0, 0.05) is 33.1 Å². The van der Waals surface area contributed by atoms with Crippen LogP contribution < -0.4 is 0 Å². The highest BCUT2D eigenvalue weighted by molar-refractivity contribution is 6.25. The van der Waals surface area contributed by atoms with Gasteiger partial charge >= 0.3 is 0 Å². The molecule has 0 aliphatic heterocycles. The van der Waals surface area contributed by atoms with Crippen LogP contribution in [-0.2, 0) is 0 Å². The van der Waals surface area contributed by atoms with Gasteiger partial charge in [0.05, 0.1) is 22.2 Å². The smallest absolute Gasteiger partial charge is 0.0542 e. The molecule has 0 atom stereocenters. The minimum Gasteiger partial charge on any atom is -0.309 e. The lowest BCUT2D eigenvalue weighted by Crippen LogP contribution is -1.97. The number of nitrogens with zero attached hydrogens (tertiary/aromatic N) is 2. The van der Waals surface area contributed by atoms with Gasteiger partial charge in [-0.1, -0.05) is 155 Å². The highest BCUT2D eigenvalue weighted by Crippen LogP contribution is 2.40. The van der Waals surface area contributed by atoms with E-state index in [2.05, 4.69) is 206 Å². The standard InChI is InChI=1S/C55H42N2.C2H6/c1-5-36(38-26-29-47-45-22-13-12-20-43(45)44-21-14-15-23-46(44)49(47)33-38)32-37(6-2)39-27-30-54-50(34-39)48-24-16-17-25-53(48)57(54)41-28-31-55-51(35-41)42(7-3)52(8-4)56(55)40-18-10-9-11-19-40;1-2/h5,7-35H,3-4,6H2,1-2H3;1-2H3/b36-5+,37-32+;. The summed E-state index contributed by atoms with van der Waals surface area (Å²) in [6, 6.07) is 57.6. The first-order valence-corrected chi connectivity index (χ1v) is 20.8. The van der Waals surface area contributed by atoms with Gasteiger partial charge in [0.1, 0.15) is 0 Å². The summed E-state index contributed by atoms with van der Waals surface area (Å²) in [5, 5.41) is 11.4. The number of para-hydroxylation sites is 2. The van der Waals surface area contributed by atoms with Crippen molar-refractivity contribution in [2.24, 2.45) is 0 Å². The van der Waals surface area contributed by atoms with E-state index in [-0.39, 0.29) is 0 Å². The van der Waals surface area contributed by atoms with Crippen molar-refractivity contribution in [3.63, 3.8) is 0 Å². The van der Waals surface area contributed by atoms with Crippen molar-refractivity contribution in [3.8, 4) is 11.4 Å². The maximum absolute atomic E-state index is 4.23. The maximum Gasteiger partial charge on any atom is 0.0542 e. The van der Waals surface area contributed by atoms with Crippen LogP contribution in [-0.4, -0.2) is 9.13 Å². The third kappa shape index (κ3) is 6.11. The van der Waals surface area contributed by atoms with Crippen molar-refractivity contribution < 1.29 is 0 Å². The third-order valence-corrected chi connectivity index (χ3v) is 11.8. The number of benzene rings is 8. The molecule has 0 bridgehead atoms. The molecule has 0 saturated carbocycles.